The Labute approximate surface area is 177 Å². The number of furan rings is 1. The number of aliphatic imine (C=N–C) groups is 2. The first-order valence-corrected chi connectivity index (χ1v) is 10.2. The highest BCUT2D eigenvalue weighted by atomic mass is 32.2. The molecule has 150 valence electrons. The molecule has 1 aliphatic rings. The van der Waals surface area contributed by atoms with Gasteiger partial charge in [0, 0.05) is 0 Å². The number of nitrogens with zero attached hydrogens (tertiary/aromatic N) is 3. The van der Waals surface area contributed by atoms with Crippen LogP contribution in [0.4, 0.5) is 5.13 Å². The van der Waals surface area contributed by atoms with E-state index < -0.39 is 23.4 Å². The van der Waals surface area contributed by atoms with E-state index in [9.17, 15) is 14.4 Å². The molecule has 30 heavy (non-hydrogen) atoms. The van der Waals surface area contributed by atoms with Gasteiger partial charge in [-0.25, -0.2) is 9.98 Å². The standard InChI is InChI=1S/C18H12N6O4S2/c19-14-13(22-15(26)10-5-3-7-28-10)16(27)24-17(23-14)29-8-12(25)21-18-20-9-4-1-2-6-11(9)30-18/h1-7H,8H2,(H,20,21,25)(H2,19,23,24,27). The summed E-state index contributed by atoms with van der Waals surface area (Å²) in [5.74, 6) is -2.48. The van der Waals surface area contributed by atoms with Gasteiger partial charge in [-0.15, -0.1) is 0 Å². The zero-order valence-electron chi connectivity index (χ0n) is 15.0. The van der Waals surface area contributed by atoms with Crippen molar-refractivity contribution in [3.8, 4) is 0 Å². The van der Waals surface area contributed by atoms with Crippen LogP contribution in [0.15, 0.2) is 57.1 Å². The number of amidine groups is 2. The van der Waals surface area contributed by atoms with Gasteiger partial charge < -0.3 is 9.73 Å². The number of nitrogens with one attached hydrogen (secondary N) is 3. The zero-order valence-corrected chi connectivity index (χ0v) is 16.7. The molecule has 0 spiro atoms. The summed E-state index contributed by atoms with van der Waals surface area (Å²) in [6, 6.07) is 10.4. The molecule has 0 radical (unpaired) electrons. The van der Waals surface area contributed by atoms with Crippen molar-refractivity contribution in [3.05, 3.63) is 48.4 Å². The minimum atomic E-state index is -0.795. The van der Waals surface area contributed by atoms with Crippen LogP contribution in [0.3, 0.4) is 0 Å². The number of thioether (sulfide) groups is 1. The maximum Gasteiger partial charge on any atom is 0.313 e. The zero-order chi connectivity index (χ0) is 21.1. The van der Waals surface area contributed by atoms with E-state index in [4.69, 9.17) is 9.83 Å². The van der Waals surface area contributed by atoms with Gasteiger partial charge in [-0.2, -0.15) is 4.99 Å². The first-order valence-electron chi connectivity index (χ1n) is 8.43. The number of hydrogen-bond donors (Lipinski definition) is 3. The number of carbonyl (C=O) groups excluding carboxylic acids is 3. The topological polar surface area (TPSA) is 150 Å². The van der Waals surface area contributed by atoms with Gasteiger partial charge in [-0.1, -0.05) is 35.2 Å². The highest BCUT2D eigenvalue weighted by molar-refractivity contribution is 8.14. The molecule has 0 saturated carbocycles. The molecule has 3 heterocycles. The molecule has 0 aliphatic carbocycles. The lowest BCUT2D eigenvalue weighted by Crippen LogP contribution is -2.43. The number of amides is 3. The highest BCUT2D eigenvalue weighted by Gasteiger charge is 2.26. The average molecular weight is 440 g/mol. The van der Waals surface area contributed by atoms with Crippen molar-refractivity contribution in [2.24, 2.45) is 9.98 Å². The fourth-order valence-electron chi connectivity index (χ4n) is 2.39. The van der Waals surface area contributed by atoms with Gasteiger partial charge in [0.15, 0.2) is 27.6 Å². The van der Waals surface area contributed by atoms with Gasteiger partial charge in [0.2, 0.25) is 5.91 Å². The SMILES string of the molecule is N=C1N=C(SCC(=O)Nc2nc3ccccc3s2)NC(=O)C1=NC(=O)c1ccco1. The molecule has 2 aromatic heterocycles. The first-order chi connectivity index (χ1) is 14.5. The summed E-state index contributed by atoms with van der Waals surface area (Å²) in [6.45, 7) is 0. The maximum absolute atomic E-state index is 12.2. The Kier molecular flexibility index (Phi) is 5.50. The molecule has 0 fully saturated rings. The second kappa shape index (κ2) is 8.39. The molecule has 3 N–H and O–H groups in total. The summed E-state index contributed by atoms with van der Waals surface area (Å²) in [7, 11) is 0. The minimum Gasteiger partial charge on any atom is -0.459 e. The highest BCUT2D eigenvalue weighted by Crippen LogP contribution is 2.25. The van der Waals surface area contributed by atoms with E-state index in [1.807, 2.05) is 24.3 Å². The Morgan fingerprint density at radius 3 is 2.83 bits per heavy atom. The third-order valence-corrected chi connectivity index (χ3v) is 5.52. The molecular weight excluding hydrogens is 428 g/mol. The van der Waals surface area contributed by atoms with Crippen molar-refractivity contribution >= 4 is 72.9 Å². The van der Waals surface area contributed by atoms with Gasteiger partial charge in [-0.3, -0.25) is 25.1 Å². The third kappa shape index (κ3) is 4.34. The van der Waals surface area contributed by atoms with E-state index in [-0.39, 0.29) is 22.6 Å². The van der Waals surface area contributed by atoms with E-state index >= 15 is 0 Å². The summed E-state index contributed by atoms with van der Waals surface area (Å²) < 4.78 is 5.87. The fraction of sp³-hybridized carbons (Fsp3) is 0.0556. The number of para-hydroxylation sites is 1. The van der Waals surface area contributed by atoms with Gasteiger partial charge in [0.05, 0.1) is 22.2 Å². The van der Waals surface area contributed by atoms with Crippen molar-refractivity contribution < 1.29 is 18.8 Å². The van der Waals surface area contributed by atoms with Crippen molar-refractivity contribution in [1.82, 2.24) is 10.3 Å². The van der Waals surface area contributed by atoms with Crippen LogP contribution in [0.5, 0.6) is 0 Å². The number of anilines is 1. The Balaban J connectivity index is 1.37. The molecule has 3 amide bonds. The Morgan fingerprint density at radius 2 is 2.10 bits per heavy atom. The molecule has 10 nitrogen and oxygen atoms in total. The van der Waals surface area contributed by atoms with Crippen LogP contribution >= 0.6 is 23.1 Å². The van der Waals surface area contributed by atoms with Crippen LogP contribution in [0.1, 0.15) is 10.6 Å². The lowest BCUT2D eigenvalue weighted by atomic mass is 10.3. The number of thiazole rings is 1. The second-order valence-electron chi connectivity index (χ2n) is 5.79. The molecule has 4 rings (SSSR count). The predicted molar refractivity (Wildman–Crippen MR) is 114 cm³/mol. The molecular formula is C18H12N6O4S2. The molecule has 1 aliphatic heterocycles. The van der Waals surface area contributed by atoms with Gasteiger partial charge in [0.25, 0.3) is 5.91 Å². The van der Waals surface area contributed by atoms with E-state index in [1.165, 1.54) is 29.7 Å². The Morgan fingerprint density at radius 1 is 1.27 bits per heavy atom. The number of fused-ring (bicyclic) bond motifs is 1. The van der Waals surface area contributed by atoms with Crippen molar-refractivity contribution in [2.75, 3.05) is 11.1 Å². The van der Waals surface area contributed by atoms with E-state index in [1.54, 1.807) is 0 Å². The molecule has 0 bridgehead atoms. The Hall–Kier alpha value is -3.64. The van der Waals surface area contributed by atoms with Crippen LogP contribution in [-0.4, -0.2) is 45.2 Å². The summed E-state index contributed by atoms with van der Waals surface area (Å²) in [4.78, 5) is 48.1. The van der Waals surface area contributed by atoms with Crippen molar-refractivity contribution in [1.29, 1.82) is 5.41 Å². The van der Waals surface area contributed by atoms with Crippen molar-refractivity contribution in [3.63, 3.8) is 0 Å². The minimum absolute atomic E-state index is 0.0554. The molecule has 0 atom stereocenters. The van der Waals surface area contributed by atoms with Crippen LogP contribution in [0, 0.1) is 5.41 Å². The van der Waals surface area contributed by atoms with Gasteiger partial charge >= 0.3 is 5.91 Å². The fourth-order valence-corrected chi connectivity index (χ4v) is 3.93. The molecule has 0 saturated heterocycles. The Bertz CT molecular complexity index is 1200. The van der Waals surface area contributed by atoms with E-state index in [2.05, 4.69) is 25.6 Å². The van der Waals surface area contributed by atoms with Crippen molar-refractivity contribution in [2.45, 2.75) is 0 Å². The summed E-state index contributed by atoms with van der Waals surface area (Å²) in [5.41, 5.74) is 0.360. The predicted octanol–water partition coefficient (Wildman–Crippen LogP) is 2.31. The van der Waals surface area contributed by atoms with E-state index in [0.717, 1.165) is 22.0 Å². The van der Waals surface area contributed by atoms with Crippen LogP contribution in [0.25, 0.3) is 10.2 Å². The summed E-state index contributed by atoms with van der Waals surface area (Å²) >= 11 is 2.29. The average Bonchev–Trinajstić information content (AvgIpc) is 3.38. The summed E-state index contributed by atoms with van der Waals surface area (Å²) in [6.07, 6.45) is 1.30. The van der Waals surface area contributed by atoms with Crippen LogP contribution in [-0.2, 0) is 9.59 Å². The number of carbonyl (C=O) groups is 3. The first kappa shape index (κ1) is 19.7. The lowest BCUT2D eigenvalue weighted by Gasteiger charge is -2.14. The summed E-state index contributed by atoms with van der Waals surface area (Å²) in [5, 5.41) is 13.5. The van der Waals surface area contributed by atoms with Gasteiger partial charge in [-0.05, 0) is 24.3 Å². The molecule has 0 unspecified atom stereocenters. The number of aromatic nitrogens is 1. The maximum atomic E-state index is 12.2. The second-order valence-corrected chi connectivity index (χ2v) is 7.78. The van der Waals surface area contributed by atoms with Gasteiger partial charge in [0.1, 0.15) is 0 Å². The monoisotopic (exact) mass is 440 g/mol. The van der Waals surface area contributed by atoms with Crippen LogP contribution < -0.4 is 10.6 Å². The van der Waals surface area contributed by atoms with Crippen LogP contribution in [0.2, 0.25) is 0 Å². The normalized spacial score (nSPS) is 15.2. The molecule has 1 aromatic carbocycles. The number of hydrogen-bond acceptors (Lipinski definition) is 8. The number of benzene rings is 1. The molecule has 12 heteroatoms. The third-order valence-electron chi connectivity index (χ3n) is 3.70. The molecule has 3 aromatic rings. The quantitative estimate of drug-likeness (QED) is 0.566. The van der Waals surface area contributed by atoms with E-state index in [0.29, 0.717) is 5.13 Å². The number of rotatable bonds is 4. The largest absolute Gasteiger partial charge is 0.459 e. The smallest absolute Gasteiger partial charge is 0.313 e. The lowest BCUT2D eigenvalue weighted by molar-refractivity contribution is -0.114.